The van der Waals surface area contributed by atoms with E-state index in [1.807, 2.05) is 48.7 Å². The van der Waals surface area contributed by atoms with Gasteiger partial charge in [0.25, 0.3) is 0 Å². The van der Waals surface area contributed by atoms with Crippen LogP contribution in [0.4, 0.5) is 5.69 Å². The summed E-state index contributed by atoms with van der Waals surface area (Å²) in [6.45, 7) is 3.87. The second kappa shape index (κ2) is 8.77. The number of fused-ring (bicyclic) bond motifs is 1. The van der Waals surface area contributed by atoms with E-state index in [0.29, 0.717) is 23.6 Å². The summed E-state index contributed by atoms with van der Waals surface area (Å²) in [6, 6.07) is 13.3. The molecule has 2 aromatic heterocycles. The first-order chi connectivity index (χ1) is 15.0. The number of carbonyl (C=O) groups excluding carboxylic acids is 2. The molecular formula is C23H21BrN4O3. The van der Waals surface area contributed by atoms with Crippen LogP contribution < -0.4 is 5.32 Å². The number of halogens is 1. The zero-order valence-electron chi connectivity index (χ0n) is 17.1. The van der Waals surface area contributed by atoms with Gasteiger partial charge in [0.15, 0.2) is 0 Å². The van der Waals surface area contributed by atoms with Gasteiger partial charge in [0.1, 0.15) is 5.56 Å². The van der Waals surface area contributed by atoms with E-state index in [9.17, 15) is 9.59 Å². The number of aromatic nitrogens is 3. The number of esters is 1. The number of hydrogen-bond donors (Lipinski definition) is 2. The van der Waals surface area contributed by atoms with Gasteiger partial charge < -0.3 is 15.0 Å². The summed E-state index contributed by atoms with van der Waals surface area (Å²) < 4.78 is 7.68. The first kappa shape index (κ1) is 20.9. The Kier molecular flexibility index (Phi) is 5.90. The minimum Gasteiger partial charge on any atom is -0.462 e. The topological polar surface area (TPSA) is 89.0 Å². The lowest BCUT2D eigenvalue weighted by atomic mass is 10.1. The molecule has 0 unspecified atom stereocenters. The van der Waals surface area contributed by atoms with Crippen molar-refractivity contribution in [2.24, 2.45) is 0 Å². The quantitative estimate of drug-likeness (QED) is 0.388. The van der Waals surface area contributed by atoms with Gasteiger partial charge in [-0.2, -0.15) is 5.10 Å². The summed E-state index contributed by atoms with van der Waals surface area (Å²) in [6.07, 6.45) is 3.60. The van der Waals surface area contributed by atoms with Crippen molar-refractivity contribution in [2.75, 3.05) is 11.9 Å². The SMILES string of the molecule is CCOC(=O)c1cnn(-c2cccc(NC(=O)Cc3c[nH]c4ccc(Br)cc34)c2)c1C. The van der Waals surface area contributed by atoms with Crippen LogP contribution in [0.5, 0.6) is 0 Å². The molecule has 0 aliphatic carbocycles. The van der Waals surface area contributed by atoms with E-state index in [4.69, 9.17) is 4.74 Å². The van der Waals surface area contributed by atoms with E-state index in [1.54, 1.807) is 18.5 Å². The minimum absolute atomic E-state index is 0.123. The van der Waals surface area contributed by atoms with Crippen LogP contribution in [0.2, 0.25) is 0 Å². The van der Waals surface area contributed by atoms with Crippen molar-refractivity contribution in [3.8, 4) is 5.69 Å². The van der Waals surface area contributed by atoms with Gasteiger partial charge in [-0.1, -0.05) is 22.0 Å². The zero-order valence-corrected chi connectivity index (χ0v) is 18.7. The van der Waals surface area contributed by atoms with Gasteiger partial charge in [0, 0.05) is 27.3 Å². The maximum absolute atomic E-state index is 12.7. The molecule has 1 amide bonds. The molecule has 158 valence electrons. The molecule has 8 heteroatoms. The van der Waals surface area contributed by atoms with Crippen molar-refractivity contribution in [3.05, 3.63) is 76.2 Å². The molecule has 4 rings (SSSR count). The average molecular weight is 481 g/mol. The fraction of sp³-hybridized carbons (Fsp3) is 0.174. The van der Waals surface area contributed by atoms with Gasteiger partial charge in [-0.3, -0.25) is 4.79 Å². The first-order valence-corrected chi connectivity index (χ1v) is 10.6. The molecule has 4 aromatic rings. The Labute approximate surface area is 187 Å². The number of anilines is 1. The number of rotatable bonds is 6. The molecule has 7 nitrogen and oxygen atoms in total. The predicted molar refractivity (Wildman–Crippen MR) is 123 cm³/mol. The van der Waals surface area contributed by atoms with Crippen molar-refractivity contribution in [2.45, 2.75) is 20.3 Å². The molecule has 0 saturated carbocycles. The summed E-state index contributed by atoms with van der Waals surface area (Å²) in [5, 5.41) is 8.26. The lowest BCUT2D eigenvalue weighted by molar-refractivity contribution is -0.115. The maximum Gasteiger partial charge on any atom is 0.341 e. The Bertz CT molecular complexity index is 1280. The van der Waals surface area contributed by atoms with Gasteiger partial charge in [-0.25, -0.2) is 9.48 Å². The molecule has 2 aromatic carbocycles. The lowest BCUT2D eigenvalue weighted by Gasteiger charge is -2.09. The van der Waals surface area contributed by atoms with Crippen molar-refractivity contribution in [1.29, 1.82) is 0 Å². The van der Waals surface area contributed by atoms with E-state index in [2.05, 4.69) is 31.3 Å². The van der Waals surface area contributed by atoms with Crippen LogP contribution in [-0.2, 0) is 16.0 Å². The molecule has 31 heavy (non-hydrogen) atoms. The number of amides is 1. The summed E-state index contributed by atoms with van der Waals surface area (Å²) in [4.78, 5) is 27.9. The Morgan fingerprint density at radius 2 is 2.06 bits per heavy atom. The Balaban J connectivity index is 1.52. The van der Waals surface area contributed by atoms with E-state index in [0.717, 1.165) is 26.6 Å². The lowest BCUT2D eigenvalue weighted by Crippen LogP contribution is -2.14. The largest absolute Gasteiger partial charge is 0.462 e. The summed E-state index contributed by atoms with van der Waals surface area (Å²) in [7, 11) is 0. The van der Waals surface area contributed by atoms with Crippen LogP contribution in [-0.4, -0.2) is 33.2 Å². The van der Waals surface area contributed by atoms with Crippen molar-refractivity contribution in [3.63, 3.8) is 0 Å². The molecule has 0 atom stereocenters. The third-order valence-electron chi connectivity index (χ3n) is 4.96. The van der Waals surface area contributed by atoms with Gasteiger partial charge in [0.05, 0.1) is 30.6 Å². The second-order valence-corrected chi connectivity index (χ2v) is 7.97. The number of hydrogen-bond acceptors (Lipinski definition) is 4. The highest BCUT2D eigenvalue weighted by atomic mass is 79.9. The number of nitrogens with one attached hydrogen (secondary N) is 2. The van der Waals surface area contributed by atoms with E-state index in [-0.39, 0.29) is 12.3 Å². The normalized spacial score (nSPS) is 10.9. The molecule has 0 radical (unpaired) electrons. The molecule has 0 bridgehead atoms. The van der Waals surface area contributed by atoms with Gasteiger partial charge in [-0.15, -0.1) is 0 Å². The first-order valence-electron chi connectivity index (χ1n) is 9.84. The highest BCUT2D eigenvalue weighted by Gasteiger charge is 2.16. The number of nitrogens with zero attached hydrogens (tertiary/aromatic N) is 2. The van der Waals surface area contributed by atoms with Gasteiger partial charge in [-0.05, 0) is 55.8 Å². The zero-order chi connectivity index (χ0) is 22.0. The molecule has 0 aliphatic rings. The number of ether oxygens (including phenoxy) is 1. The van der Waals surface area contributed by atoms with Crippen molar-refractivity contribution in [1.82, 2.24) is 14.8 Å². The number of carbonyl (C=O) groups is 2. The Morgan fingerprint density at radius 3 is 2.87 bits per heavy atom. The standard InChI is InChI=1S/C23H21BrN4O3/c1-3-31-23(30)20-13-26-28(14(20)2)18-6-4-5-17(11-18)27-22(29)9-15-12-25-21-8-7-16(24)10-19(15)21/h4-8,10-13,25H,3,9H2,1-2H3,(H,27,29). The minimum atomic E-state index is -0.402. The fourth-order valence-electron chi connectivity index (χ4n) is 3.47. The number of benzene rings is 2. The summed E-state index contributed by atoms with van der Waals surface area (Å²) in [5.74, 6) is -0.525. The smallest absolute Gasteiger partial charge is 0.341 e. The van der Waals surface area contributed by atoms with Crippen molar-refractivity contribution < 1.29 is 14.3 Å². The third kappa shape index (κ3) is 4.39. The van der Waals surface area contributed by atoms with Crippen molar-refractivity contribution >= 4 is 44.4 Å². The highest BCUT2D eigenvalue weighted by Crippen LogP contribution is 2.24. The van der Waals surface area contributed by atoms with E-state index in [1.165, 1.54) is 6.20 Å². The van der Waals surface area contributed by atoms with Crippen LogP contribution in [0.3, 0.4) is 0 Å². The summed E-state index contributed by atoms with van der Waals surface area (Å²) >= 11 is 3.47. The molecule has 0 spiro atoms. The Morgan fingerprint density at radius 1 is 1.23 bits per heavy atom. The van der Waals surface area contributed by atoms with Gasteiger partial charge in [0.2, 0.25) is 5.91 Å². The average Bonchev–Trinajstić information content (AvgIpc) is 3.31. The molecule has 0 fully saturated rings. The second-order valence-electron chi connectivity index (χ2n) is 7.06. The number of H-pyrrole nitrogens is 1. The Hall–Kier alpha value is -3.39. The monoisotopic (exact) mass is 480 g/mol. The molecule has 0 aliphatic heterocycles. The van der Waals surface area contributed by atoms with Gasteiger partial charge >= 0.3 is 5.97 Å². The van der Waals surface area contributed by atoms with E-state index >= 15 is 0 Å². The highest BCUT2D eigenvalue weighted by molar-refractivity contribution is 9.10. The molecular weight excluding hydrogens is 460 g/mol. The van der Waals surface area contributed by atoms with Crippen LogP contribution in [0.1, 0.15) is 28.5 Å². The molecule has 0 saturated heterocycles. The number of aromatic amines is 1. The van der Waals surface area contributed by atoms with Crippen LogP contribution in [0.15, 0.2) is 59.3 Å². The summed E-state index contributed by atoms with van der Waals surface area (Å²) in [5.41, 5.74) is 4.39. The predicted octanol–water partition coefficient (Wildman–Crippen LogP) is 4.78. The fourth-order valence-corrected chi connectivity index (χ4v) is 3.83. The van der Waals surface area contributed by atoms with E-state index < -0.39 is 5.97 Å². The third-order valence-corrected chi connectivity index (χ3v) is 5.45. The van der Waals surface area contributed by atoms with Crippen LogP contribution >= 0.6 is 15.9 Å². The van der Waals surface area contributed by atoms with Crippen LogP contribution in [0, 0.1) is 6.92 Å². The maximum atomic E-state index is 12.7. The van der Waals surface area contributed by atoms with Crippen LogP contribution in [0.25, 0.3) is 16.6 Å². The molecule has 2 heterocycles. The molecule has 2 N–H and O–H groups in total.